The standard InChI is InChI=1S/C16H16N2O2S/c1-10-8-12(9-11(2)15(10)20-3)18-16(19)17-13-6-4-5-7-14(13)21-18/h4-9H,1-3H3,(H,17,19). The van der Waals surface area contributed by atoms with Gasteiger partial charge in [0.2, 0.25) is 0 Å². The summed E-state index contributed by atoms with van der Waals surface area (Å²) in [6.45, 7) is 3.96. The molecule has 1 aliphatic rings. The van der Waals surface area contributed by atoms with Crippen LogP contribution in [0.2, 0.25) is 0 Å². The van der Waals surface area contributed by atoms with Gasteiger partial charge in [0.05, 0.1) is 23.4 Å². The van der Waals surface area contributed by atoms with E-state index < -0.39 is 0 Å². The number of hydrogen-bond acceptors (Lipinski definition) is 3. The molecule has 108 valence electrons. The molecule has 0 aliphatic carbocycles. The zero-order chi connectivity index (χ0) is 15.0. The minimum atomic E-state index is -0.136. The number of urea groups is 1. The van der Waals surface area contributed by atoms with Gasteiger partial charge >= 0.3 is 6.03 Å². The molecule has 0 saturated carbocycles. The van der Waals surface area contributed by atoms with Crippen molar-refractivity contribution < 1.29 is 9.53 Å². The number of nitrogens with one attached hydrogen (secondary N) is 1. The first-order chi connectivity index (χ1) is 10.1. The van der Waals surface area contributed by atoms with Crippen LogP contribution >= 0.6 is 11.9 Å². The summed E-state index contributed by atoms with van der Waals surface area (Å²) in [7, 11) is 1.66. The summed E-state index contributed by atoms with van der Waals surface area (Å²) < 4.78 is 7.04. The Bertz CT molecular complexity index is 692. The molecule has 1 heterocycles. The number of methoxy groups -OCH3 is 1. The zero-order valence-electron chi connectivity index (χ0n) is 12.1. The van der Waals surface area contributed by atoms with Crippen molar-refractivity contribution in [1.29, 1.82) is 0 Å². The fourth-order valence-electron chi connectivity index (χ4n) is 2.49. The predicted molar refractivity (Wildman–Crippen MR) is 86.3 cm³/mol. The summed E-state index contributed by atoms with van der Waals surface area (Å²) in [5.74, 6) is 0.863. The summed E-state index contributed by atoms with van der Waals surface area (Å²) in [6, 6.07) is 11.6. The number of fused-ring (bicyclic) bond motifs is 1. The molecule has 0 unspecified atom stereocenters. The van der Waals surface area contributed by atoms with Crippen LogP contribution in [-0.4, -0.2) is 13.1 Å². The molecule has 2 aromatic rings. The Labute approximate surface area is 128 Å². The normalized spacial score (nSPS) is 13.7. The van der Waals surface area contributed by atoms with E-state index in [0.29, 0.717) is 0 Å². The molecule has 0 aromatic heterocycles. The number of nitrogens with zero attached hydrogens (tertiary/aromatic N) is 1. The number of hydrogen-bond donors (Lipinski definition) is 1. The van der Waals surface area contributed by atoms with Crippen molar-refractivity contribution in [1.82, 2.24) is 0 Å². The van der Waals surface area contributed by atoms with E-state index in [1.54, 1.807) is 11.4 Å². The highest BCUT2D eigenvalue weighted by molar-refractivity contribution is 8.01. The second-order valence-corrected chi connectivity index (χ2v) is 5.91. The van der Waals surface area contributed by atoms with Crippen molar-refractivity contribution in [3.63, 3.8) is 0 Å². The number of rotatable bonds is 2. The number of aryl methyl sites for hydroxylation is 2. The summed E-state index contributed by atoms with van der Waals surface area (Å²) in [6.07, 6.45) is 0. The second kappa shape index (κ2) is 5.33. The van der Waals surface area contributed by atoms with Crippen molar-refractivity contribution in [2.75, 3.05) is 16.7 Å². The van der Waals surface area contributed by atoms with E-state index in [9.17, 15) is 4.79 Å². The van der Waals surface area contributed by atoms with Gasteiger partial charge in [0.15, 0.2) is 0 Å². The maximum Gasteiger partial charge on any atom is 0.336 e. The summed E-state index contributed by atoms with van der Waals surface area (Å²) in [5, 5.41) is 2.91. The number of anilines is 2. The van der Waals surface area contributed by atoms with Crippen molar-refractivity contribution >= 4 is 29.4 Å². The monoisotopic (exact) mass is 300 g/mol. The van der Waals surface area contributed by atoms with Crippen LogP contribution in [-0.2, 0) is 0 Å². The Morgan fingerprint density at radius 2 is 1.81 bits per heavy atom. The predicted octanol–water partition coefficient (Wildman–Crippen LogP) is 4.37. The first kappa shape index (κ1) is 13.8. The van der Waals surface area contributed by atoms with Gasteiger partial charge in [0.25, 0.3) is 0 Å². The average Bonchev–Trinajstić information content (AvgIpc) is 2.46. The molecule has 2 amide bonds. The fourth-order valence-corrected chi connectivity index (χ4v) is 3.38. The number of amides is 2. The number of para-hydroxylation sites is 1. The van der Waals surface area contributed by atoms with Crippen molar-refractivity contribution in [2.24, 2.45) is 0 Å². The van der Waals surface area contributed by atoms with Crippen LogP contribution in [0.15, 0.2) is 41.3 Å². The molecule has 0 saturated heterocycles. The molecule has 4 nitrogen and oxygen atoms in total. The van der Waals surface area contributed by atoms with E-state index in [1.165, 1.54) is 11.9 Å². The van der Waals surface area contributed by atoms with Crippen LogP contribution in [0.1, 0.15) is 11.1 Å². The second-order valence-electron chi connectivity index (χ2n) is 4.92. The van der Waals surface area contributed by atoms with Crippen LogP contribution < -0.4 is 14.4 Å². The lowest BCUT2D eigenvalue weighted by Gasteiger charge is -2.28. The van der Waals surface area contributed by atoms with Gasteiger partial charge in [0, 0.05) is 0 Å². The zero-order valence-corrected chi connectivity index (χ0v) is 13.0. The molecule has 21 heavy (non-hydrogen) atoms. The third kappa shape index (κ3) is 2.45. The minimum Gasteiger partial charge on any atom is -0.496 e. The molecule has 0 fully saturated rings. The first-order valence-electron chi connectivity index (χ1n) is 6.63. The van der Waals surface area contributed by atoms with E-state index >= 15 is 0 Å². The van der Waals surface area contributed by atoms with Crippen LogP contribution in [0.25, 0.3) is 0 Å². The number of carbonyl (C=O) groups is 1. The smallest absolute Gasteiger partial charge is 0.336 e. The van der Waals surface area contributed by atoms with Crippen LogP contribution in [0, 0.1) is 13.8 Å². The average molecular weight is 300 g/mol. The summed E-state index contributed by atoms with van der Waals surface area (Å²) >= 11 is 1.43. The van der Waals surface area contributed by atoms with Gasteiger partial charge in [-0.2, -0.15) is 0 Å². The lowest BCUT2D eigenvalue weighted by molar-refractivity contribution is 0.260. The lowest BCUT2D eigenvalue weighted by atomic mass is 10.1. The molecule has 0 atom stereocenters. The largest absolute Gasteiger partial charge is 0.496 e. The van der Waals surface area contributed by atoms with Gasteiger partial charge in [-0.1, -0.05) is 12.1 Å². The SMILES string of the molecule is COc1c(C)cc(N2Sc3ccccc3NC2=O)cc1C. The van der Waals surface area contributed by atoms with Crippen LogP contribution in [0.4, 0.5) is 16.2 Å². The first-order valence-corrected chi connectivity index (χ1v) is 7.41. The Hall–Kier alpha value is -2.14. The summed E-state index contributed by atoms with van der Waals surface area (Å²) in [5.41, 5.74) is 3.73. The van der Waals surface area contributed by atoms with E-state index in [4.69, 9.17) is 4.74 Å². The Morgan fingerprint density at radius 3 is 2.48 bits per heavy atom. The van der Waals surface area contributed by atoms with Gasteiger partial charge in [-0.05, 0) is 61.2 Å². The van der Waals surface area contributed by atoms with E-state index in [-0.39, 0.29) is 6.03 Å². The van der Waals surface area contributed by atoms with Gasteiger partial charge in [-0.15, -0.1) is 0 Å². The number of ether oxygens (including phenoxy) is 1. The van der Waals surface area contributed by atoms with Gasteiger partial charge in [-0.3, -0.25) is 0 Å². The molecule has 2 aromatic carbocycles. The minimum absolute atomic E-state index is 0.136. The molecule has 0 bridgehead atoms. The Morgan fingerprint density at radius 1 is 1.14 bits per heavy atom. The molecule has 1 N–H and O–H groups in total. The fraction of sp³-hybridized carbons (Fsp3) is 0.188. The number of benzene rings is 2. The molecular formula is C16H16N2O2S. The van der Waals surface area contributed by atoms with E-state index in [2.05, 4.69) is 5.32 Å². The van der Waals surface area contributed by atoms with Crippen LogP contribution in [0.5, 0.6) is 5.75 Å². The highest BCUT2D eigenvalue weighted by Gasteiger charge is 2.25. The van der Waals surface area contributed by atoms with Crippen molar-refractivity contribution in [2.45, 2.75) is 18.7 Å². The number of carbonyl (C=O) groups excluding carboxylic acids is 1. The van der Waals surface area contributed by atoms with E-state index in [0.717, 1.165) is 33.1 Å². The molecular weight excluding hydrogens is 284 g/mol. The lowest BCUT2D eigenvalue weighted by Crippen LogP contribution is -2.32. The highest BCUT2D eigenvalue weighted by Crippen LogP contribution is 2.40. The maximum atomic E-state index is 12.3. The summed E-state index contributed by atoms with van der Waals surface area (Å²) in [4.78, 5) is 13.3. The molecule has 1 aliphatic heterocycles. The molecule has 3 rings (SSSR count). The van der Waals surface area contributed by atoms with Crippen molar-refractivity contribution in [3.05, 3.63) is 47.5 Å². The van der Waals surface area contributed by atoms with Crippen molar-refractivity contribution in [3.8, 4) is 5.75 Å². The van der Waals surface area contributed by atoms with Crippen LogP contribution in [0.3, 0.4) is 0 Å². The van der Waals surface area contributed by atoms with Gasteiger partial charge in [-0.25, -0.2) is 9.10 Å². The van der Waals surface area contributed by atoms with Gasteiger partial charge in [0.1, 0.15) is 5.75 Å². The molecule has 0 spiro atoms. The maximum absolute atomic E-state index is 12.3. The highest BCUT2D eigenvalue weighted by atomic mass is 32.2. The molecule has 0 radical (unpaired) electrons. The Kier molecular flexibility index (Phi) is 3.51. The Balaban J connectivity index is 2.00. The third-order valence-electron chi connectivity index (χ3n) is 3.39. The van der Waals surface area contributed by atoms with Gasteiger partial charge < -0.3 is 10.1 Å². The molecule has 5 heteroatoms. The quantitative estimate of drug-likeness (QED) is 0.837. The third-order valence-corrected chi connectivity index (χ3v) is 4.50. The van der Waals surface area contributed by atoms with E-state index in [1.807, 2.05) is 50.2 Å². The topological polar surface area (TPSA) is 41.6 Å².